The number of piperidine rings is 1. The van der Waals surface area contributed by atoms with Crippen molar-refractivity contribution in [2.45, 2.75) is 51.5 Å². The third-order valence-corrected chi connectivity index (χ3v) is 5.58. The zero-order valence-corrected chi connectivity index (χ0v) is 15.1. The molecule has 1 heterocycles. The molecular weight excluding hydrogens is 356 g/mol. The van der Waals surface area contributed by atoms with Gasteiger partial charge in [0.2, 0.25) is 11.8 Å². The van der Waals surface area contributed by atoms with E-state index < -0.39 is 5.41 Å². The smallest absolute Gasteiger partial charge is 0.240 e. The van der Waals surface area contributed by atoms with Crippen LogP contribution in [-0.4, -0.2) is 29.3 Å². The summed E-state index contributed by atoms with van der Waals surface area (Å²) in [5.41, 5.74) is -0.0827. The van der Waals surface area contributed by atoms with Crippen LogP contribution in [0, 0.1) is 5.41 Å². The van der Waals surface area contributed by atoms with Crippen molar-refractivity contribution in [3.8, 4) is 0 Å². The Hall–Kier alpha value is -1.36. The Morgan fingerprint density at radius 2 is 1.96 bits per heavy atom. The lowest BCUT2D eigenvalue weighted by Gasteiger charge is -2.37. The highest BCUT2D eigenvalue weighted by Crippen LogP contribution is 2.49. The monoisotopic (exact) mass is 378 g/mol. The van der Waals surface area contributed by atoms with Gasteiger partial charge in [-0.2, -0.15) is 0 Å². The van der Waals surface area contributed by atoms with Crippen molar-refractivity contribution in [1.82, 2.24) is 4.90 Å². The number of hydrogen-bond acceptors (Lipinski definition) is 2. The fourth-order valence-corrected chi connectivity index (χ4v) is 3.68. The molecule has 2 aliphatic rings. The molecule has 1 aromatic rings. The number of amides is 2. The van der Waals surface area contributed by atoms with Crippen LogP contribution >= 0.6 is 15.9 Å². The highest BCUT2D eigenvalue weighted by Gasteiger charge is 2.58. The molecule has 0 radical (unpaired) electrons. The van der Waals surface area contributed by atoms with E-state index in [4.69, 9.17) is 0 Å². The molecule has 3 rings (SSSR count). The Morgan fingerprint density at radius 1 is 1.26 bits per heavy atom. The maximum atomic E-state index is 13.0. The van der Waals surface area contributed by atoms with Gasteiger partial charge in [-0.3, -0.25) is 9.59 Å². The zero-order valence-electron chi connectivity index (χ0n) is 13.5. The van der Waals surface area contributed by atoms with Gasteiger partial charge in [-0.05, 0) is 62.8 Å². The summed E-state index contributed by atoms with van der Waals surface area (Å²) in [4.78, 5) is 27.7. The number of rotatable bonds is 4. The number of halogens is 1. The van der Waals surface area contributed by atoms with E-state index in [9.17, 15) is 9.59 Å². The molecule has 1 aromatic carbocycles. The van der Waals surface area contributed by atoms with Gasteiger partial charge in [0.05, 0.1) is 0 Å². The van der Waals surface area contributed by atoms with Gasteiger partial charge in [0.25, 0.3) is 0 Å². The molecule has 0 bridgehead atoms. The molecule has 2 fully saturated rings. The Morgan fingerprint density at radius 3 is 2.57 bits per heavy atom. The fraction of sp³-hybridized carbons (Fsp3) is 0.556. The molecule has 1 aliphatic carbocycles. The number of benzene rings is 1. The number of carbonyl (C=O) groups excluding carboxylic acids is 2. The lowest BCUT2D eigenvalue weighted by atomic mass is 9.95. The summed E-state index contributed by atoms with van der Waals surface area (Å²) in [6.45, 7) is 2.92. The first-order valence-electron chi connectivity index (χ1n) is 8.45. The van der Waals surface area contributed by atoms with Crippen molar-refractivity contribution in [2.75, 3.05) is 11.9 Å². The summed E-state index contributed by atoms with van der Waals surface area (Å²) in [7, 11) is 0. The minimum Gasteiger partial charge on any atom is -0.339 e. The van der Waals surface area contributed by atoms with Crippen molar-refractivity contribution in [1.29, 1.82) is 0 Å². The van der Waals surface area contributed by atoms with Gasteiger partial charge in [0, 0.05) is 22.7 Å². The molecule has 5 heteroatoms. The highest BCUT2D eigenvalue weighted by atomic mass is 79.9. The van der Waals surface area contributed by atoms with Gasteiger partial charge in [0.15, 0.2) is 0 Å². The molecule has 4 nitrogen and oxygen atoms in total. The molecule has 1 unspecified atom stereocenters. The zero-order chi connectivity index (χ0) is 16.4. The maximum absolute atomic E-state index is 13.0. The fourth-order valence-electron chi connectivity index (χ4n) is 3.41. The largest absolute Gasteiger partial charge is 0.339 e. The number of carbonyl (C=O) groups is 2. The van der Waals surface area contributed by atoms with Crippen molar-refractivity contribution < 1.29 is 9.59 Å². The van der Waals surface area contributed by atoms with Gasteiger partial charge >= 0.3 is 0 Å². The van der Waals surface area contributed by atoms with Crippen molar-refractivity contribution >= 4 is 33.4 Å². The van der Waals surface area contributed by atoms with Crippen LogP contribution in [-0.2, 0) is 9.59 Å². The van der Waals surface area contributed by atoms with Crippen LogP contribution in [0.3, 0.4) is 0 Å². The lowest BCUT2D eigenvalue weighted by molar-refractivity contribution is -0.145. The van der Waals surface area contributed by atoms with Crippen molar-refractivity contribution in [3.63, 3.8) is 0 Å². The van der Waals surface area contributed by atoms with Gasteiger partial charge < -0.3 is 10.2 Å². The molecule has 1 N–H and O–H groups in total. The molecule has 0 spiro atoms. The normalized spacial score (nSPS) is 22.5. The number of hydrogen-bond donors (Lipinski definition) is 1. The van der Waals surface area contributed by atoms with E-state index in [0.29, 0.717) is 18.9 Å². The van der Waals surface area contributed by atoms with E-state index in [1.54, 1.807) is 0 Å². The lowest BCUT2D eigenvalue weighted by Crippen LogP contribution is -2.49. The van der Waals surface area contributed by atoms with E-state index >= 15 is 0 Å². The van der Waals surface area contributed by atoms with Crippen LogP contribution in [0.15, 0.2) is 28.7 Å². The topological polar surface area (TPSA) is 49.4 Å². The summed E-state index contributed by atoms with van der Waals surface area (Å²) in [5.74, 6) is -0.107. The van der Waals surface area contributed by atoms with Crippen LogP contribution in [0.2, 0.25) is 0 Å². The first kappa shape index (κ1) is 16.5. The first-order chi connectivity index (χ1) is 11.1. The van der Waals surface area contributed by atoms with E-state index in [-0.39, 0.29) is 11.8 Å². The average molecular weight is 379 g/mol. The summed E-state index contributed by atoms with van der Waals surface area (Å²) in [6.07, 6.45) is 5.60. The van der Waals surface area contributed by atoms with Crippen molar-refractivity contribution in [2.24, 2.45) is 5.41 Å². The van der Waals surface area contributed by atoms with E-state index in [0.717, 1.165) is 36.0 Å². The third kappa shape index (κ3) is 3.30. The van der Waals surface area contributed by atoms with Crippen molar-refractivity contribution in [3.05, 3.63) is 28.7 Å². The Balaban J connectivity index is 1.71. The molecule has 2 amide bonds. The van der Waals surface area contributed by atoms with Crippen LogP contribution in [0.25, 0.3) is 0 Å². The second-order valence-corrected chi connectivity index (χ2v) is 7.52. The molecule has 23 heavy (non-hydrogen) atoms. The maximum Gasteiger partial charge on any atom is 0.240 e. The molecule has 0 aromatic heterocycles. The first-order valence-corrected chi connectivity index (χ1v) is 9.24. The predicted molar refractivity (Wildman–Crippen MR) is 94.1 cm³/mol. The van der Waals surface area contributed by atoms with E-state index in [1.807, 2.05) is 29.2 Å². The van der Waals surface area contributed by atoms with E-state index in [2.05, 4.69) is 28.2 Å². The second-order valence-electron chi connectivity index (χ2n) is 6.60. The standard InChI is InChI=1S/C18H23BrN2O2/c1-2-15-5-3-4-12-21(15)17(23)18(10-11-18)16(22)20-14-8-6-13(19)7-9-14/h6-9,15H,2-5,10-12H2,1H3,(H,20,22). The second kappa shape index (κ2) is 6.63. The quantitative estimate of drug-likeness (QED) is 0.806. The molecule has 1 atom stereocenters. The highest BCUT2D eigenvalue weighted by molar-refractivity contribution is 9.10. The Bertz CT molecular complexity index is 596. The summed E-state index contributed by atoms with van der Waals surface area (Å²) < 4.78 is 0.965. The molecule has 1 saturated carbocycles. The predicted octanol–water partition coefficient (Wildman–Crippen LogP) is 3.96. The number of likely N-dealkylation sites (tertiary alicyclic amines) is 1. The Kier molecular flexibility index (Phi) is 4.76. The molecule has 1 saturated heterocycles. The van der Waals surface area contributed by atoms with Gasteiger partial charge in [-0.15, -0.1) is 0 Å². The minimum absolute atomic E-state index is 0.0404. The third-order valence-electron chi connectivity index (χ3n) is 5.06. The number of nitrogens with one attached hydrogen (secondary N) is 1. The van der Waals surface area contributed by atoms with Gasteiger partial charge in [-0.1, -0.05) is 22.9 Å². The average Bonchev–Trinajstić information content (AvgIpc) is 3.38. The van der Waals surface area contributed by atoms with Crippen LogP contribution < -0.4 is 5.32 Å². The van der Waals surface area contributed by atoms with Crippen LogP contribution in [0.1, 0.15) is 45.4 Å². The van der Waals surface area contributed by atoms with Gasteiger partial charge in [0.1, 0.15) is 5.41 Å². The molecular formula is C18H23BrN2O2. The summed E-state index contributed by atoms with van der Waals surface area (Å²) >= 11 is 3.38. The van der Waals surface area contributed by atoms with Crippen LogP contribution in [0.5, 0.6) is 0 Å². The number of nitrogens with zero attached hydrogens (tertiary/aromatic N) is 1. The minimum atomic E-state index is -0.822. The van der Waals surface area contributed by atoms with E-state index in [1.165, 1.54) is 6.42 Å². The Labute approximate surface area is 145 Å². The van der Waals surface area contributed by atoms with Crippen LogP contribution in [0.4, 0.5) is 5.69 Å². The summed E-state index contributed by atoms with van der Waals surface area (Å²) in [6, 6.07) is 7.76. The molecule has 124 valence electrons. The summed E-state index contributed by atoms with van der Waals surface area (Å²) in [5, 5.41) is 2.92. The number of anilines is 1. The SMILES string of the molecule is CCC1CCCCN1C(=O)C1(C(=O)Nc2ccc(Br)cc2)CC1. The van der Waals surface area contributed by atoms with Gasteiger partial charge in [-0.25, -0.2) is 0 Å². The molecule has 1 aliphatic heterocycles.